The number of hydrogen-bond donors (Lipinski definition) is 2. The van der Waals surface area contributed by atoms with Crippen molar-refractivity contribution in [2.24, 2.45) is 5.92 Å². The monoisotopic (exact) mass is 283 g/mol. The number of halogens is 1. The van der Waals surface area contributed by atoms with Gasteiger partial charge in [-0.1, -0.05) is 28.8 Å². The Morgan fingerprint density at radius 3 is 2.94 bits per heavy atom. The highest BCUT2D eigenvalue weighted by Gasteiger charge is 2.19. The Morgan fingerprint density at radius 2 is 2.19 bits per heavy atom. The number of nitrogens with one attached hydrogen (secondary N) is 1. The topological polar surface area (TPSA) is 32.3 Å². The van der Waals surface area contributed by atoms with Gasteiger partial charge >= 0.3 is 0 Å². The Morgan fingerprint density at radius 1 is 1.38 bits per heavy atom. The van der Waals surface area contributed by atoms with Gasteiger partial charge in [-0.2, -0.15) is 0 Å². The van der Waals surface area contributed by atoms with E-state index in [1.807, 2.05) is 12.1 Å². The fourth-order valence-corrected chi connectivity index (χ4v) is 2.25. The Labute approximate surface area is 105 Å². The average molecular weight is 284 g/mol. The van der Waals surface area contributed by atoms with Gasteiger partial charge < -0.3 is 10.4 Å². The van der Waals surface area contributed by atoms with Crippen molar-refractivity contribution in [1.82, 2.24) is 5.32 Å². The molecule has 1 aliphatic rings. The fourth-order valence-electron chi connectivity index (χ4n) is 1.84. The average Bonchev–Trinajstić information content (AvgIpc) is 3.06. The maximum absolute atomic E-state index is 9.63. The predicted octanol–water partition coefficient (Wildman–Crippen LogP) is 3.43. The summed E-state index contributed by atoms with van der Waals surface area (Å²) in [5, 5.41) is 13.0. The van der Waals surface area contributed by atoms with Crippen molar-refractivity contribution < 1.29 is 5.11 Å². The normalized spacial score (nSPS) is 15.3. The molecule has 1 aliphatic carbocycles. The molecule has 1 aromatic carbocycles. The van der Waals surface area contributed by atoms with E-state index < -0.39 is 0 Å². The molecule has 0 aliphatic heterocycles. The molecule has 0 radical (unpaired) electrons. The molecule has 1 saturated carbocycles. The van der Waals surface area contributed by atoms with Crippen LogP contribution in [0.25, 0.3) is 0 Å². The van der Waals surface area contributed by atoms with E-state index in [1.165, 1.54) is 25.7 Å². The van der Waals surface area contributed by atoms with E-state index in [4.69, 9.17) is 0 Å². The van der Waals surface area contributed by atoms with Gasteiger partial charge in [0.2, 0.25) is 0 Å². The maximum Gasteiger partial charge on any atom is 0.120 e. The SMILES string of the molecule is Oc1ccc(Br)cc1CNCCCC1CC1. The van der Waals surface area contributed by atoms with Crippen molar-refractivity contribution >= 4 is 15.9 Å². The predicted molar refractivity (Wildman–Crippen MR) is 69.5 cm³/mol. The van der Waals surface area contributed by atoms with E-state index in [-0.39, 0.29) is 0 Å². The van der Waals surface area contributed by atoms with E-state index in [0.717, 1.165) is 29.0 Å². The molecule has 0 bridgehead atoms. The summed E-state index contributed by atoms with van der Waals surface area (Å²) < 4.78 is 1.01. The first-order valence-electron chi connectivity index (χ1n) is 5.94. The van der Waals surface area contributed by atoms with E-state index in [2.05, 4.69) is 21.2 Å². The standard InChI is InChI=1S/C13H18BrNO/c14-12-5-6-13(16)11(8-12)9-15-7-1-2-10-3-4-10/h5-6,8,10,15-16H,1-4,7,9H2. The summed E-state index contributed by atoms with van der Waals surface area (Å²) in [6, 6.07) is 5.54. The molecule has 0 atom stereocenters. The van der Waals surface area contributed by atoms with Crippen molar-refractivity contribution in [2.45, 2.75) is 32.2 Å². The lowest BCUT2D eigenvalue weighted by Crippen LogP contribution is -2.14. The zero-order valence-corrected chi connectivity index (χ0v) is 11.0. The summed E-state index contributed by atoms with van der Waals surface area (Å²) >= 11 is 3.41. The molecule has 0 saturated heterocycles. The fraction of sp³-hybridized carbons (Fsp3) is 0.538. The minimum atomic E-state index is 0.373. The van der Waals surface area contributed by atoms with Gasteiger partial charge in [0, 0.05) is 16.6 Å². The third-order valence-electron chi connectivity index (χ3n) is 3.02. The molecule has 3 heteroatoms. The molecule has 0 heterocycles. The van der Waals surface area contributed by atoms with Crippen LogP contribution in [0.1, 0.15) is 31.2 Å². The third kappa shape index (κ3) is 3.80. The third-order valence-corrected chi connectivity index (χ3v) is 3.51. The largest absolute Gasteiger partial charge is 0.508 e. The molecule has 88 valence electrons. The van der Waals surface area contributed by atoms with Crippen LogP contribution in [0.3, 0.4) is 0 Å². The van der Waals surface area contributed by atoms with Gasteiger partial charge in [0.1, 0.15) is 5.75 Å². The zero-order valence-electron chi connectivity index (χ0n) is 9.38. The van der Waals surface area contributed by atoms with Crippen LogP contribution in [-0.4, -0.2) is 11.7 Å². The van der Waals surface area contributed by atoms with Gasteiger partial charge in [-0.3, -0.25) is 0 Å². The van der Waals surface area contributed by atoms with Crippen LogP contribution >= 0.6 is 15.9 Å². The van der Waals surface area contributed by atoms with Crippen LogP contribution in [0.2, 0.25) is 0 Å². The van der Waals surface area contributed by atoms with Crippen LogP contribution in [0.4, 0.5) is 0 Å². The number of benzene rings is 1. The Balaban J connectivity index is 1.69. The van der Waals surface area contributed by atoms with Gasteiger partial charge in [0.05, 0.1) is 0 Å². The molecule has 0 unspecified atom stereocenters. The lowest BCUT2D eigenvalue weighted by molar-refractivity contribution is 0.463. The molecule has 0 aromatic heterocycles. The second-order valence-electron chi connectivity index (χ2n) is 4.54. The Hall–Kier alpha value is -0.540. The van der Waals surface area contributed by atoms with E-state index >= 15 is 0 Å². The molecule has 0 amide bonds. The van der Waals surface area contributed by atoms with Crippen LogP contribution in [0.15, 0.2) is 22.7 Å². The number of phenolic OH excluding ortho intramolecular Hbond substituents is 1. The molecular weight excluding hydrogens is 266 g/mol. The van der Waals surface area contributed by atoms with Gasteiger partial charge in [-0.25, -0.2) is 0 Å². The summed E-state index contributed by atoms with van der Waals surface area (Å²) in [7, 11) is 0. The second kappa shape index (κ2) is 5.69. The molecule has 1 aromatic rings. The highest BCUT2D eigenvalue weighted by atomic mass is 79.9. The van der Waals surface area contributed by atoms with Crippen molar-refractivity contribution in [2.75, 3.05) is 6.54 Å². The van der Waals surface area contributed by atoms with E-state index in [9.17, 15) is 5.11 Å². The summed E-state index contributed by atoms with van der Waals surface area (Å²) in [4.78, 5) is 0. The number of hydrogen-bond acceptors (Lipinski definition) is 2. The molecular formula is C13H18BrNO. The van der Waals surface area contributed by atoms with Crippen LogP contribution in [-0.2, 0) is 6.54 Å². The highest BCUT2D eigenvalue weighted by Crippen LogP contribution is 2.33. The summed E-state index contributed by atoms with van der Waals surface area (Å²) in [6.07, 6.45) is 5.48. The molecule has 2 rings (SSSR count). The van der Waals surface area contributed by atoms with E-state index in [1.54, 1.807) is 6.07 Å². The minimum Gasteiger partial charge on any atom is -0.508 e. The lowest BCUT2D eigenvalue weighted by Gasteiger charge is -2.07. The number of rotatable bonds is 6. The first-order chi connectivity index (χ1) is 7.75. The summed E-state index contributed by atoms with van der Waals surface area (Å²) in [5.41, 5.74) is 0.959. The molecule has 0 spiro atoms. The second-order valence-corrected chi connectivity index (χ2v) is 5.45. The highest BCUT2D eigenvalue weighted by molar-refractivity contribution is 9.10. The first-order valence-corrected chi connectivity index (χ1v) is 6.73. The summed E-state index contributed by atoms with van der Waals surface area (Å²) in [5.74, 6) is 1.39. The molecule has 1 fully saturated rings. The zero-order chi connectivity index (χ0) is 11.4. The van der Waals surface area contributed by atoms with Crippen LogP contribution < -0.4 is 5.32 Å². The number of aromatic hydroxyl groups is 1. The Kier molecular flexibility index (Phi) is 4.24. The molecule has 2 N–H and O–H groups in total. The van der Waals surface area contributed by atoms with Gasteiger partial charge in [0.25, 0.3) is 0 Å². The van der Waals surface area contributed by atoms with Crippen molar-refractivity contribution in [3.8, 4) is 5.75 Å². The van der Waals surface area contributed by atoms with Gasteiger partial charge in [0.15, 0.2) is 0 Å². The van der Waals surface area contributed by atoms with Crippen LogP contribution in [0, 0.1) is 5.92 Å². The minimum absolute atomic E-state index is 0.373. The lowest BCUT2D eigenvalue weighted by atomic mass is 10.2. The number of phenols is 1. The quantitative estimate of drug-likeness (QED) is 0.784. The molecule has 2 nitrogen and oxygen atoms in total. The van der Waals surface area contributed by atoms with Crippen LogP contribution in [0.5, 0.6) is 5.75 Å². The van der Waals surface area contributed by atoms with Gasteiger partial charge in [-0.05, 0) is 43.5 Å². The smallest absolute Gasteiger partial charge is 0.120 e. The van der Waals surface area contributed by atoms with Crippen molar-refractivity contribution in [3.63, 3.8) is 0 Å². The van der Waals surface area contributed by atoms with Gasteiger partial charge in [-0.15, -0.1) is 0 Å². The Bertz CT molecular complexity index is 350. The van der Waals surface area contributed by atoms with Crippen molar-refractivity contribution in [3.05, 3.63) is 28.2 Å². The van der Waals surface area contributed by atoms with Crippen molar-refractivity contribution in [1.29, 1.82) is 0 Å². The summed E-state index contributed by atoms with van der Waals surface area (Å²) in [6.45, 7) is 1.79. The molecule has 16 heavy (non-hydrogen) atoms. The first kappa shape index (κ1) is 11.9. The van der Waals surface area contributed by atoms with E-state index in [0.29, 0.717) is 5.75 Å². The maximum atomic E-state index is 9.63.